The zero-order chi connectivity index (χ0) is 9.26. The fourth-order valence-corrected chi connectivity index (χ4v) is 1.52. The summed E-state index contributed by atoms with van der Waals surface area (Å²) < 4.78 is 10.6. The zero-order valence-electron chi connectivity index (χ0n) is 8.03. The van der Waals surface area contributed by atoms with Crippen LogP contribution in [0, 0.1) is 0 Å². The Morgan fingerprint density at radius 3 is 3.00 bits per heavy atom. The highest BCUT2D eigenvalue weighted by molar-refractivity contribution is 5.85. The van der Waals surface area contributed by atoms with Crippen LogP contribution in [-0.4, -0.2) is 13.7 Å². The number of hydrogen-bond acceptors (Lipinski definition) is 3. The Morgan fingerprint density at radius 1 is 1.50 bits per heavy atom. The predicted molar refractivity (Wildman–Crippen MR) is 57.3 cm³/mol. The van der Waals surface area contributed by atoms with Gasteiger partial charge >= 0.3 is 0 Å². The quantitative estimate of drug-likeness (QED) is 0.778. The average molecular weight is 216 g/mol. The lowest BCUT2D eigenvalue weighted by Gasteiger charge is -2.23. The molecule has 1 atom stereocenters. The van der Waals surface area contributed by atoms with Crippen LogP contribution in [0.25, 0.3) is 0 Å². The average Bonchev–Trinajstić information content (AvgIpc) is 2.18. The van der Waals surface area contributed by atoms with Gasteiger partial charge in [-0.1, -0.05) is 6.07 Å². The van der Waals surface area contributed by atoms with Crippen molar-refractivity contribution in [1.29, 1.82) is 0 Å². The van der Waals surface area contributed by atoms with E-state index in [0.717, 1.165) is 23.5 Å². The van der Waals surface area contributed by atoms with E-state index >= 15 is 0 Å². The Hall–Kier alpha value is -0.930. The molecular formula is C10H14ClNO2. The molecule has 0 unspecified atom stereocenters. The maximum Gasteiger partial charge on any atom is 0.127 e. The molecule has 0 bridgehead atoms. The molecule has 1 heterocycles. The van der Waals surface area contributed by atoms with Gasteiger partial charge in [-0.3, -0.25) is 0 Å². The highest BCUT2D eigenvalue weighted by Gasteiger charge is 2.17. The van der Waals surface area contributed by atoms with Gasteiger partial charge in [0.15, 0.2) is 0 Å². The topological polar surface area (TPSA) is 44.5 Å². The maximum absolute atomic E-state index is 5.92. The van der Waals surface area contributed by atoms with Crippen molar-refractivity contribution in [3.05, 3.63) is 23.8 Å². The van der Waals surface area contributed by atoms with Crippen molar-refractivity contribution < 1.29 is 9.47 Å². The second kappa shape index (κ2) is 4.53. The number of fused-ring (bicyclic) bond motifs is 1. The first-order valence-electron chi connectivity index (χ1n) is 4.37. The fourth-order valence-electron chi connectivity index (χ4n) is 1.52. The van der Waals surface area contributed by atoms with Crippen LogP contribution in [0.5, 0.6) is 11.5 Å². The molecule has 2 N–H and O–H groups in total. The minimum Gasteiger partial charge on any atom is -0.497 e. The van der Waals surface area contributed by atoms with Gasteiger partial charge in [-0.25, -0.2) is 0 Å². The summed E-state index contributed by atoms with van der Waals surface area (Å²) in [4.78, 5) is 0. The number of ether oxygens (including phenoxy) is 2. The van der Waals surface area contributed by atoms with Gasteiger partial charge in [-0.15, -0.1) is 12.4 Å². The lowest BCUT2D eigenvalue weighted by molar-refractivity contribution is 0.267. The van der Waals surface area contributed by atoms with Crippen LogP contribution in [0.3, 0.4) is 0 Å². The van der Waals surface area contributed by atoms with E-state index in [1.165, 1.54) is 0 Å². The molecule has 2 rings (SSSR count). The number of methoxy groups -OCH3 is 1. The van der Waals surface area contributed by atoms with Gasteiger partial charge in [0.1, 0.15) is 11.5 Å². The van der Waals surface area contributed by atoms with E-state index < -0.39 is 0 Å². The molecular weight excluding hydrogens is 202 g/mol. The molecule has 0 saturated carbocycles. The van der Waals surface area contributed by atoms with Gasteiger partial charge in [-0.05, 0) is 6.07 Å². The summed E-state index contributed by atoms with van der Waals surface area (Å²) in [6.45, 7) is 0.696. The van der Waals surface area contributed by atoms with E-state index in [2.05, 4.69) is 0 Å². The maximum atomic E-state index is 5.92. The fraction of sp³-hybridized carbons (Fsp3) is 0.400. The van der Waals surface area contributed by atoms with E-state index in [-0.39, 0.29) is 18.4 Å². The highest BCUT2D eigenvalue weighted by atomic mass is 35.5. The van der Waals surface area contributed by atoms with Gasteiger partial charge in [0.25, 0.3) is 0 Å². The second-order valence-corrected chi connectivity index (χ2v) is 3.15. The molecule has 14 heavy (non-hydrogen) atoms. The molecule has 0 saturated heterocycles. The minimum atomic E-state index is 0. The van der Waals surface area contributed by atoms with Crippen LogP contribution in [0.2, 0.25) is 0 Å². The Morgan fingerprint density at radius 2 is 2.29 bits per heavy atom. The number of hydrogen-bond donors (Lipinski definition) is 1. The third kappa shape index (κ3) is 1.94. The molecule has 0 radical (unpaired) electrons. The molecule has 0 amide bonds. The smallest absolute Gasteiger partial charge is 0.127 e. The molecule has 1 aromatic carbocycles. The van der Waals surface area contributed by atoms with Crippen molar-refractivity contribution in [3.63, 3.8) is 0 Å². The summed E-state index contributed by atoms with van der Waals surface area (Å²) in [7, 11) is 1.64. The zero-order valence-corrected chi connectivity index (χ0v) is 8.84. The lowest BCUT2D eigenvalue weighted by atomic mass is 10.0. The van der Waals surface area contributed by atoms with Crippen molar-refractivity contribution in [1.82, 2.24) is 0 Å². The van der Waals surface area contributed by atoms with Gasteiger partial charge in [0, 0.05) is 24.1 Å². The Balaban J connectivity index is 0.000000980. The Bertz CT molecular complexity index is 317. The predicted octanol–water partition coefficient (Wildman–Crippen LogP) is 1.90. The van der Waals surface area contributed by atoms with Gasteiger partial charge in [0.05, 0.1) is 13.7 Å². The van der Waals surface area contributed by atoms with Crippen molar-refractivity contribution in [3.8, 4) is 11.5 Å². The van der Waals surface area contributed by atoms with Gasteiger partial charge in [-0.2, -0.15) is 0 Å². The molecule has 3 nitrogen and oxygen atoms in total. The molecule has 0 fully saturated rings. The standard InChI is InChI=1S/C10H13NO2.ClH/c1-12-7-2-3-8-9(11)4-5-13-10(8)6-7;/h2-3,6,9H,4-5,11H2,1H3;1H/t9-;/m1./s1. The monoisotopic (exact) mass is 215 g/mol. The van der Waals surface area contributed by atoms with Crippen LogP contribution in [0.4, 0.5) is 0 Å². The third-order valence-corrected chi connectivity index (χ3v) is 2.31. The molecule has 78 valence electrons. The molecule has 1 aliphatic rings. The Kier molecular flexibility index (Phi) is 3.61. The molecule has 0 aromatic heterocycles. The highest BCUT2D eigenvalue weighted by Crippen LogP contribution is 2.33. The summed E-state index contributed by atoms with van der Waals surface area (Å²) in [5.74, 6) is 1.67. The van der Waals surface area contributed by atoms with E-state index in [9.17, 15) is 0 Å². The van der Waals surface area contributed by atoms with Crippen LogP contribution >= 0.6 is 12.4 Å². The third-order valence-electron chi connectivity index (χ3n) is 2.31. The summed E-state index contributed by atoms with van der Waals surface area (Å²) in [5.41, 5.74) is 6.99. The van der Waals surface area contributed by atoms with Crippen LogP contribution in [-0.2, 0) is 0 Å². The van der Waals surface area contributed by atoms with Crippen LogP contribution in [0.15, 0.2) is 18.2 Å². The summed E-state index contributed by atoms with van der Waals surface area (Å²) >= 11 is 0. The minimum absolute atomic E-state index is 0. The molecule has 1 aliphatic heterocycles. The van der Waals surface area contributed by atoms with Crippen molar-refractivity contribution in [2.24, 2.45) is 5.73 Å². The summed E-state index contributed by atoms with van der Waals surface area (Å²) in [6.07, 6.45) is 0.888. The number of halogens is 1. The van der Waals surface area contributed by atoms with Crippen LogP contribution in [0.1, 0.15) is 18.0 Å². The van der Waals surface area contributed by atoms with Crippen LogP contribution < -0.4 is 15.2 Å². The molecule has 0 aliphatic carbocycles. The normalized spacial score (nSPS) is 18.9. The van der Waals surface area contributed by atoms with Gasteiger partial charge < -0.3 is 15.2 Å². The van der Waals surface area contributed by atoms with Gasteiger partial charge in [0.2, 0.25) is 0 Å². The first-order chi connectivity index (χ1) is 6.31. The van der Waals surface area contributed by atoms with E-state index in [1.54, 1.807) is 7.11 Å². The largest absolute Gasteiger partial charge is 0.497 e. The van der Waals surface area contributed by atoms with E-state index in [4.69, 9.17) is 15.2 Å². The van der Waals surface area contributed by atoms with Crippen molar-refractivity contribution in [2.45, 2.75) is 12.5 Å². The number of benzene rings is 1. The second-order valence-electron chi connectivity index (χ2n) is 3.15. The van der Waals surface area contributed by atoms with Crippen molar-refractivity contribution >= 4 is 12.4 Å². The summed E-state index contributed by atoms with van der Waals surface area (Å²) in [5, 5.41) is 0. The SMILES string of the molecule is COc1ccc2c(c1)OCC[C@H]2N.Cl. The number of rotatable bonds is 1. The Labute approximate surface area is 89.6 Å². The summed E-state index contributed by atoms with van der Waals surface area (Å²) in [6, 6.07) is 5.87. The van der Waals surface area contributed by atoms with E-state index in [0.29, 0.717) is 6.61 Å². The first kappa shape index (κ1) is 11.1. The number of nitrogens with two attached hydrogens (primary N) is 1. The first-order valence-corrected chi connectivity index (χ1v) is 4.37. The molecule has 1 aromatic rings. The van der Waals surface area contributed by atoms with Crippen molar-refractivity contribution in [2.75, 3.05) is 13.7 Å². The lowest BCUT2D eigenvalue weighted by Crippen LogP contribution is -2.20. The molecule has 4 heteroatoms. The van der Waals surface area contributed by atoms with E-state index in [1.807, 2.05) is 18.2 Å². The molecule has 0 spiro atoms.